The molecule has 2 aromatic rings. The molecule has 0 radical (unpaired) electrons. The minimum atomic E-state index is -4.18. The third kappa shape index (κ3) is 7.75. The molecule has 1 aromatic heterocycles. The van der Waals surface area contributed by atoms with E-state index in [1.807, 2.05) is 24.3 Å². The summed E-state index contributed by atoms with van der Waals surface area (Å²) < 4.78 is 62.3. The van der Waals surface area contributed by atoms with Crippen LogP contribution in [0.1, 0.15) is 74.3 Å². The molecule has 2 aliphatic heterocycles. The molecule has 1 aromatic carbocycles. The molecule has 1 saturated heterocycles. The Kier molecular flexibility index (Phi) is 9.11. The van der Waals surface area contributed by atoms with Crippen molar-refractivity contribution in [2.24, 2.45) is 0 Å². The molecule has 1 aliphatic carbocycles. The first-order valence-electron chi connectivity index (χ1n) is 14.3. The quantitative estimate of drug-likeness (QED) is 0.391. The number of nitrogens with zero attached hydrogens (tertiary/aromatic N) is 2. The van der Waals surface area contributed by atoms with Crippen LogP contribution in [0.5, 0.6) is 23.1 Å². The minimum absolute atomic E-state index is 0.0177. The Morgan fingerprint density at radius 1 is 1.02 bits per heavy atom. The van der Waals surface area contributed by atoms with Gasteiger partial charge >= 0.3 is 12.1 Å². The van der Waals surface area contributed by atoms with Crippen molar-refractivity contribution >= 4 is 5.97 Å². The van der Waals surface area contributed by atoms with Gasteiger partial charge in [-0.1, -0.05) is 6.07 Å². The fraction of sp³-hybridized carbons (Fsp3) is 0.600. The van der Waals surface area contributed by atoms with Gasteiger partial charge in [0.15, 0.2) is 0 Å². The molecule has 1 N–H and O–H groups in total. The zero-order valence-corrected chi connectivity index (χ0v) is 23.2. The first kappa shape index (κ1) is 29.3. The van der Waals surface area contributed by atoms with Gasteiger partial charge in [-0.3, -0.25) is 9.69 Å². The third-order valence-corrected chi connectivity index (χ3v) is 8.31. The fourth-order valence-electron chi connectivity index (χ4n) is 6.19. The van der Waals surface area contributed by atoms with Crippen LogP contribution in [0, 0.1) is 0 Å². The molecule has 224 valence electrons. The van der Waals surface area contributed by atoms with Crippen molar-refractivity contribution in [1.29, 1.82) is 0 Å². The number of aromatic nitrogens is 1. The second-order valence-electron chi connectivity index (χ2n) is 11.2. The van der Waals surface area contributed by atoms with Gasteiger partial charge in [0.25, 0.3) is 0 Å². The molecular weight excluding hydrogens is 541 g/mol. The number of hydrogen-bond donors (Lipinski definition) is 1. The average molecular weight is 579 g/mol. The van der Waals surface area contributed by atoms with Crippen LogP contribution in [-0.2, 0) is 4.79 Å². The van der Waals surface area contributed by atoms with E-state index < -0.39 is 18.7 Å². The smallest absolute Gasteiger partial charge is 0.401 e. The van der Waals surface area contributed by atoms with Gasteiger partial charge in [0.1, 0.15) is 23.4 Å². The molecule has 2 fully saturated rings. The van der Waals surface area contributed by atoms with Gasteiger partial charge in [-0.2, -0.15) is 13.2 Å². The van der Waals surface area contributed by atoms with Crippen molar-refractivity contribution in [1.82, 2.24) is 9.88 Å². The van der Waals surface area contributed by atoms with Gasteiger partial charge in [-0.25, -0.2) is 4.98 Å². The van der Waals surface area contributed by atoms with Crippen molar-refractivity contribution in [3.8, 4) is 23.1 Å². The van der Waals surface area contributed by atoms with Crippen LogP contribution in [0.3, 0.4) is 0 Å². The second-order valence-corrected chi connectivity index (χ2v) is 11.2. The number of aliphatic carboxylic acids is 1. The SMILES string of the molecule is COc1ccc(C2CCN(CC(F)(F)F)CC2)c(O[C@H]2CC[C@H](Oc3cc4c(cn3)OCCC4CC(=O)O)CC2)c1. The van der Waals surface area contributed by atoms with E-state index in [4.69, 9.17) is 18.9 Å². The van der Waals surface area contributed by atoms with E-state index in [0.717, 1.165) is 42.6 Å². The maximum atomic E-state index is 12.8. The minimum Gasteiger partial charge on any atom is -0.497 e. The number of alkyl halides is 3. The van der Waals surface area contributed by atoms with Gasteiger partial charge in [-0.05, 0) is 75.6 Å². The highest BCUT2D eigenvalue weighted by molar-refractivity contribution is 5.68. The van der Waals surface area contributed by atoms with Gasteiger partial charge in [0.05, 0.1) is 39.0 Å². The first-order chi connectivity index (χ1) is 19.7. The number of carboxylic acids is 1. The van der Waals surface area contributed by atoms with E-state index in [2.05, 4.69) is 4.98 Å². The van der Waals surface area contributed by atoms with E-state index in [0.29, 0.717) is 56.3 Å². The lowest BCUT2D eigenvalue weighted by molar-refractivity contribution is -0.148. The normalized spacial score (nSPS) is 23.8. The van der Waals surface area contributed by atoms with Crippen LogP contribution >= 0.6 is 0 Å². The van der Waals surface area contributed by atoms with E-state index in [1.165, 1.54) is 4.90 Å². The Morgan fingerprint density at radius 2 is 1.73 bits per heavy atom. The summed E-state index contributed by atoms with van der Waals surface area (Å²) in [5, 5.41) is 9.27. The van der Waals surface area contributed by atoms with Crippen LogP contribution in [0.4, 0.5) is 13.2 Å². The molecule has 5 rings (SSSR count). The Morgan fingerprint density at radius 3 is 2.39 bits per heavy atom. The zero-order valence-electron chi connectivity index (χ0n) is 23.2. The molecule has 11 heteroatoms. The lowest BCUT2D eigenvalue weighted by atomic mass is 9.88. The summed E-state index contributed by atoms with van der Waals surface area (Å²) in [6.45, 7) is 0.410. The number of carboxylic acid groups (broad SMARTS) is 1. The number of piperidine rings is 1. The third-order valence-electron chi connectivity index (χ3n) is 8.31. The number of halogens is 3. The number of carbonyl (C=O) groups is 1. The van der Waals surface area contributed by atoms with Gasteiger partial charge in [0, 0.05) is 23.6 Å². The second kappa shape index (κ2) is 12.8. The van der Waals surface area contributed by atoms with Crippen molar-refractivity contribution in [3.05, 3.63) is 41.6 Å². The van der Waals surface area contributed by atoms with Crippen LogP contribution < -0.4 is 18.9 Å². The number of methoxy groups -OCH3 is 1. The van der Waals surface area contributed by atoms with Gasteiger partial charge in [-0.15, -0.1) is 0 Å². The summed E-state index contributed by atoms with van der Waals surface area (Å²) in [7, 11) is 1.60. The van der Waals surface area contributed by atoms with Crippen molar-refractivity contribution < 1.29 is 42.0 Å². The monoisotopic (exact) mass is 578 g/mol. The summed E-state index contributed by atoms with van der Waals surface area (Å²) in [5.74, 6) is 1.67. The maximum absolute atomic E-state index is 12.8. The highest BCUT2D eigenvalue weighted by Gasteiger charge is 2.34. The molecule has 8 nitrogen and oxygen atoms in total. The zero-order chi connectivity index (χ0) is 29.0. The van der Waals surface area contributed by atoms with Crippen LogP contribution in [0.15, 0.2) is 30.5 Å². The Hall–Kier alpha value is -3.21. The highest BCUT2D eigenvalue weighted by Crippen LogP contribution is 2.40. The summed E-state index contributed by atoms with van der Waals surface area (Å²) in [4.78, 5) is 17.2. The number of ether oxygens (including phenoxy) is 4. The molecule has 1 saturated carbocycles. The fourth-order valence-corrected chi connectivity index (χ4v) is 6.19. The lowest BCUT2D eigenvalue weighted by Crippen LogP contribution is -2.39. The van der Waals surface area contributed by atoms with E-state index in [1.54, 1.807) is 13.3 Å². The van der Waals surface area contributed by atoms with Crippen molar-refractivity contribution in [2.45, 2.75) is 81.6 Å². The molecule has 1 atom stereocenters. The Bertz CT molecular complexity index is 1190. The number of benzene rings is 1. The first-order valence-corrected chi connectivity index (χ1v) is 14.3. The maximum Gasteiger partial charge on any atom is 0.401 e. The summed E-state index contributed by atoms with van der Waals surface area (Å²) in [6.07, 6.45) is 2.45. The molecule has 3 aliphatic rings. The standard InChI is InChI=1S/C30H37F3N2O6/c1-38-23-6-7-24(19-8-11-35(12-9-19)18-30(31,32)33)26(15-23)40-21-2-4-22(5-3-21)41-28-16-25-20(14-29(36)37)10-13-39-27(25)17-34-28/h6-7,15-17,19-22H,2-5,8-14,18H2,1H3,(H,36,37)/t20?,21-,22-. The van der Waals surface area contributed by atoms with E-state index in [9.17, 15) is 23.1 Å². The summed E-state index contributed by atoms with van der Waals surface area (Å²) in [5.41, 5.74) is 1.85. The number of pyridine rings is 1. The van der Waals surface area contributed by atoms with Crippen molar-refractivity contribution in [3.63, 3.8) is 0 Å². The Balaban J connectivity index is 1.18. The largest absolute Gasteiger partial charge is 0.497 e. The molecule has 0 amide bonds. The molecule has 1 unspecified atom stereocenters. The lowest BCUT2D eigenvalue weighted by Gasteiger charge is -2.34. The number of hydrogen-bond acceptors (Lipinski definition) is 7. The van der Waals surface area contributed by atoms with Crippen LogP contribution in [0.25, 0.3) is 0 Å². The predicted molar refractivity (Wildman–Crippen MR) is 144 cm³/mol. The topological polar surface area (TPSA) is 90.4 Å². The molecule has 0 spiro atoms. The van der Waals surface area contributed by atoms with Gasteiger partial charge < -0.3 is 24.1 Å². The molecule has 3 heterocycles. The summed E-state index contributed by atoms with van der Waals surface area (Å²) >= 11 is 0. The molecule has 0 bridgehead atoms. The average Bonchev–Trinajstić information content (AvgIpc) is 2.94. The highest BCUT2D eigenvalue weighted by atomic mass is 19.4. The summed E-state index contributed by atoms with van der Waals surface area (Å²) in [6, 6.07) is 7.56. The predicted octanol–water partition coefficient (Wildman–Crippen LogP) is 5.94. The Labute approximate surface area is 237 Å². The van der Waals surface area contributed by atoms with E-state index in [-0.39, 0.29) is 30.5 Å². The van der Waals surface area contributed by atoms with Crippen LogP contribution in [0.2, 0.25) is 0 Å². The molecule has 41 heavy (non-hydrogen) atoms. The van der Waals surface area contributed by atoms with Crippen molar-refractivity contribution in [2.75, 3.05) is 33.4 Å². The molecular formula is C30H37F3N2O6. The number of fused-ring (bicyclic) bond motifs is 1. The number of likely N-dealkylation sites (tertiary alicyclic amines) is 1. The van der Waals surface area contributed by atoms with Gasteiger partial charge in [0.2, 0.25) is 5.88 Å². The van der Waals surface area contributed by atoms with E-state index >= 15 is 0 Å². The van der Waals surface area contributed by atoms with Crippen LogP contribution in [-0.4, -0.2) is 72.7 Å². The number of rotatable bonds is 9.